The highest BCUT2D eigenvalue weighted by atomic mass is 32.2. The third-order valence-electron chi connectivity index (χ3n) is 4.17. The van der Waals surface area contributed by atoms with Crippen molar-refractivity contribution < 1.29 is 4.39 Å². The molecule has 1 saturated carbocycles. The van der Waals surface area contributed by atoms with Crippen LogP contribution in [0.25, 0.3) is 0 Å². The lowest BCUT2D eigenvalue weighted by Crippen LogP contribution is -2.40. The standard InChI is InChI=1S/C17H26FNS/c1-20-10-5-3-2-4-9-19-17-12-15(13-17)14-7-6-8-16(18)11-14/h6-8,11,15,17,19H,2-5,9-10,12-13H2,1H3. The maximum Gasteiger partial charge on any atom is 0.123 e. The van der Waals surface area contributed by atoms with Crippen LogP contribution in [0.1, 0.15) is 50.0 Å². The molecule has 1 fully saturated rings. The van der Waals surface area contributed by atoms with Crippen LogP contribution in [-0.4, -0.2) is 24.6 Å². The molecule has 1 aromatic carbocycles. The summed E-state index contributed by atoms with van der Waals surface area (Å²) in [7, 11) is 0. The molecule has 3 heteroatoms. The maximum atomic E-state index is 13.1. The molecule has 1 N–H and O–H groups in total. The number of nitrogens with one attached hydrogen (secondary N) is 1. The minimum atomic E-state index is -0.107. The van der Waals surface area contributed by atoms with Crippen molar-refractivity contribution in [3.8, 4) is 0 Å². The summed E-state index contributed by atoms with van der Waals surface area (Å²) in [5, 5.41) is 3.63. The van der Waals surface area contributed by atoms with Crippen LogP contribution in [0.5, 0.6) is 0 Å². The molecule has 0 atom stereocenters. The van der Waals surface area contributed by atoms with Crippen molar-refractivity contribution in [2.24, 2.45) is 0 Å². The summed E-state index contributed by atoms with van der Waals surface area (Å²) >= 11 is 1.94. The Bertz CT molecular complexity index is 390. The van der Waals surface area contributed by atoms with Gasteiger partial charge in [-0.1, -0.05) is 25.0 Å². The van der Waals surface area contributed by atoms with Gasteiger partial charge in [-0.15, -0.1) is 0 Å². The molecule has 0 radical (unpaired) electrons. The number of hydrogen-bond donors (Lipinski definition) is 1. The second-order valence-corrected chi connectivity index (χ2v) is 6.77. The molecule has 0 bridgehead atoms. The van der Waals surface area contributed by atoms with Gasteiger partial charge in [0, 0.05) is 6.04 Å². The largest absolute Gasteiger partial charge is 0.314 e. The van der Waals surface area contributed by atoms with Gasteiger partial charge in [0.1, 0.15) is 5.82 Å². The quantitative estimate of drug-likeness (QED) is 0.669. The van der Waals surface area contributed by atoms with Gasteiger partial charge in [0.2, 0.25) is 0 Å². The van der Waals surface area contributed by atoms with E-state index in [-0.39, 0.29) is 5.82 Å². The van der Waals surface area contributed by atoms with Crippen LogP contribution in [0.15, 0.2) is 24.3 Å². The zero-order valence-corrected chi connectivity index (χ0v) is 13.2. The molecule has 0 spiro atoms. The fourth-order valence-electron chi connectivity index (χ4n) is 2.85. The highest BCUT2D eigenvalue weighted by Crippen LogP contribution is 2.36. The van der Waals surface area contributed by atoms with Gasteiger partial charge in [0.15, 0.2) is 0 Å². The van der Waals surface area contributed by atoms with Gasteiger partial charge in [-0.2, -0.15) is 11.8 Å². The highest BCUT2D eigenvalue weighted by molar-refractivity contribution is 7.98. The van der Waals surface area contributed by atoms with Crippen LogP contribution in [0, 0.1) is 5.82 Å². The molecule has 1 aliphatic carbocycles. The molecule has 0 aliphatic heterocycles. The Balaban J connectivity index is 1.52. The molecule has 0 aromatic heterocycles. The second-order valence-electron chi connectivity index (χ2n) is 5.78. The fourth-order valence-corrected chi connectivity index (χ4v) is 3.34. The smallest absolute Gasteiger partial charge is 0.123 e. The van der Waals surface area contributed by atoms with Gasteiger partial charge in [-0.05, 0) is 67.9 Å². The normalized spacial score (nSPS) is 21.7. The predicted molar refractivity (Wildman–Crippen MR) is 87.0 cm³/mol. The lowest BCUT2D eigenvalue weighted by molar-refractivity contribution is 0.289. The number of hydrogen-bond acceptors (Lipinski definition) is 2. The maximum absolute atomic E-state index is 13.1. The van der Waals surface area contributed by atoms with Crippen molar-refractivity contribution >= 4 is 11.8 Å². The Morgan fingerprint density at radius 1 is 1.20 bits per heavy atom. The van der Waals surface area contributed by atoms with E-state index in [1.54, 1.807) is 6.07 Å². The summed E-state index contributed by atoms with van der Waals surface area (Å²) in [5.74, 6) is 1.75. The van der Waals surface area contributed by atoms with Crippen molar-refractivity contribution in [1.82, 2.24) is 5.32 Å². The molecule has 2 rings (SSSR count). The van der Waals surface area contributed by atoms with Crippen LogP contribution in [-0.2, 0) is 0 Å². The summed E-state index contributed by atoms with van der Waals surface area (Å²) < 4.78 is 13.1. The Hall–Kier alpha value is -0.540. The first-order chi connectivity index (χ1) is 9.79. The SMILES string of the molecule is CSCCCCCCNC1CC(c2cccc(F)c2)C1. The van der Waals surface area contributed by atoms with Gasteiger partial charge < -0.3 is 5.32 Å². The zero-order valence-electron chi connectivity index (χ0n) is 12.4. The topological polar surface area (TPSA) is 12.0 Å². The third kappa shape index (κ3) is 5.10. The van der Waals surface area contributed by atoms with Crippen LogP contribution in [0.3, 0.4) is 0 Å². The Morgan fingerprint density at radius 3 is 2.75 bits per heavy atom. The second kappa shape index (κ2) is 8.68. The third-order valence-corrected chi connectivity index (χ3v) is 4.86. The number of halogens is 1. The molecule has 1 aromatic rings. The first kappa shape index (κ1) is 15.8. The molecule has 0 saturated heterocycles. The number of thioether (sulfide) groups is 1. The van der Waals surface area contributed by atoms with E-state index in [4.69, 9.17) is 0 Å². The number of benzene rings is 1. The summed E-state index contributed by atoms with van der Waals surface area (Å²) in [6.45, 7) is 1.14. The van der Waals surface area contributed by atoms with Gasteiger partial charge in [-0.3, -0.25) is 0 Å². The van der Waals surface area contributed by atoms with E-state index in [0.717, 1.165) is 19.4 Å². The average Bonchev–Trinajstić information content (AvgIpc) is 2.39. The number of rotatable bonds is 9. The first-order valence-corrected chi connectivity index (χ1v) is 9.17. The molecule has 20 heavy (non-hydrogen) atoms. The molecule has 0 amide bonds. The van der Waals surface area contributed by atoms with Gasteiger partial charge in [-0.25, -0.2) is 4.39 Å². The van der Waals surface area contributed by atoms with Crippen molar-refractivity contribution in [2.75, 3.05) is 18.6 Å². The van der Waals surface area contributed by atoms with E-state index >= 15 is 0 Å². The summed E-state index contributed by atoms with van der Waals surface area (Å²) in [4.78, 5) is 0. The first-order valence-electron chi connectivity index (χ1n) is 7.77. The van der Waals surface area contributed by atoms with E-state index in [1.165, 1.54) is 43.1 Å². The van der Waals surface area contributed by atoms with E-state index in [2.05, 4.69) is 17.6 Å². The van der Waals surface area contributed by atoms with Crippen molar-refractivity contribution in [3.63, 3.8) is 0 Å². The highest BCUT2D eigenvalue weighted by Gasteiger charge is 2.29. The van der Waals surface area contributed by atoms with Gasteiger partial charge in [0.25, 0.3) is 0 Å². The minimum Gasteiger partial charge on any atom is -0.314 e. The van der Waals surface area contributed by atoms with Crippen molar-refractivity contribution in [2.45, 2.75) is 50.5 Å². The van der Waals surface area contributed by atoms with Crippen LogP contribution < -0.4 is 5.32 Å². The molecule has 1 nitrogen and oxygen atoms in total. The van der Waals surface area contributed by atoms with E-state index < -0.39 is 0 Å². The van der Waals surface area contributed by atoms with Crippen molar-refractivity contribution in [3.05, 3.63) is 35.6 Å². The Labute approximate surface area is 126 Å². The fraction of sp³-hybridized carbons (Fsp3) is 0.647. The molecule has 112 valence electrons. The molecule has 0 unspecified atom stereocenters. The minimum absolute atomic E-state index is 0.107. The molecular weight excluding hydrogens is 269 g/mol. The summed E-state index contributed by atoms with van der Waals surface area (Å²) in [6.07, 6.45) is 9.84. The predicted octanol–water partition coefficient (Wildman–Crippen LogP) is 4.58. The van der Waals surface area contributed by atoms with E-state index in [0.29, 0.717) is 12.0 Å². The number of unbranched alkanes of at least 4 members (excludes halogenated alkanes) is 3. The molecule has 1 aliphatic rings. The Kier molecular flexibility index (Phi) is 6.88. The van der Waals surface area contributed by atoms with Crippen molar-refractivity contribution in [1.29, 1.82) is 0 Å². The summed E-state index contributed by atoms with van der Waals surface area (Å²) in [5.41, 5.74) is 1.17. The lowest BCUT2D eigenvalue weighted by atomic mass is 9.76. The Morgan fingerprint density at radius 2 is 2.00 bits per heavy atom. The van der Waals surface area contributed by atoms with E-state index in [9.17, 15) is 4.39 Å². The monoisotopic (exact) mass is 295 g/mol. The van der Waals surface area contributed by atoms with Crippen LogP contribution in [0.2, 0.25) is 0 Å². The summed E-state index contributed by atoms with van der Waals surface area (Å²) in [6, 6.07) is 7.73. The van der Waals surface area contributed by atoms with Crippen LogP contribution >= 0.6 is 11.8 Å². The average molecular weight is 295 g/mol. The van der Waals surface area contributed by atoms with Crippen LogP contribution in [0.4, 0.5) is 4.39 Å². The lowest BCUT2D eigenvalue weighted by Gasteiger charge is -2.36. The van der Waals surface area contributed by atoms with E-state index in [1.807, 2.05) is 17.8 Å². The molecule has 0 heterocycles. The zero-order chi connectivity index (χ0) is 14.2. The van der Waals surface area contributed by atoms with Gasteiger partial charge >= 0.3 is 0 Å². The molecular formula is C17H26FNS. The van der Waals surface area contributed by atoms with Gasteiger partial charge in [0.05, 0.1) is 0 Å².